The summed E-state index contributed by atoms with van der Waals surface area (Å²) in [6.07, 6.45) is -0.0479. The van der Waals surface area contributed by atoms with E-state index in [2.05, 4.69) is 5.32 Å². The van der Waals surface area contributed by atoms with E-state index in [0.29, 0.717) is 24.5 Å². The van der Waals surface area contributed by atoms with Crippen molar-refractivity contribution in [2.75, 3.05) is 20.3 Å². The van der Waals surface area contributed by atoms with Crippen molar-refractivity contribution < 1.29 is 19.4 Å². The van der Waals surface area contributed by atoms with Crippen molar-refractivity contribution in [2.24, 2.45) is 0 Å². The van der Waals surface area contributed by atoms with Crippen molar-refractivity contribution in [3.05, 3.63) is 24.3 Å². The molecular formula is C13H19NO4. The minimum Gasteiger partial charge on any atom is -0.497 e. The van der Waals surface area contributed by atoms with Crippen LogP contribution < -0.4 is 14.8 Å². The standard InChI is InChI=1S/C13H19NO4/c1-10(13(16)14-7-4-8-15)18-12-6-3-5-11(9-12)17-2/h3,5-6,9-10,15H,4,7-8H2,1-2H3,(H,14,16)/t10-/m0/s1. The molecule has 5 heteroatoms. The van der Waals surface area contributed by atoms with Gasteiger partial charge < -0.3 is 19.9 Å². The van der Waals surface area contributed by atoms with Crippen LogP contribution in [0.15, 0.2) is 24.3 Å². The Hall–Kier alpha value is -1.75. The number of hydrogen-bond acceptors (Lipinski definition) is 4. The van der Waals surface area contributed by atoms with Gasteiger partial charge in [-0.3, -0.25) is 4.79 Å². The zero-order chi connectivity index (χ0) is 13.4. The molecule has 0 saturated heterocycles. The van der Waals surface area contributed by atoms with E-state index in [1.54, 1.807) is 38.3 Å². The van der Waals surface area contributed by atoms with E-state index in [0.717, 1.165) is 0 Å². The molecule has 0 bridgehead atoms. The first-order valence-corrected chi connectivity index (χ1v) is 5.86. The fourth-order valence-electron chi connectivity index (χ4n) is 1.37. The van der Waals surface area contributed by atoms with Gasteiger partial charge in [0.15, 0.2) is 6.10 Å². The summed E-state index contributed by atoms with van der Waals surface area (Å²) in [5.74, 6) is 1.06. The maximum atomic E-state index is 11.6. The summed E-state index contributed by atoms with van der Waals surface area (Å²) >= 11 is 0. The lowest BCUT2D eigenvalue weighted by atomic mass is 10.3. The van der Waals surface area contributed by atoms with Crippen molar-refractivity contribution in [2.45, 2.75) is 19.4 Å². The normalized spacial score (nSPS) is 11.7. The second kappa shape index (κ2) is 7.55. The van der Waals surface area contributed by atoms with Crippen LogP contribution in [0.4, 0.5) is 0 Å². The molecule has 0 radical (unpaired) electrons. The van der Waals surface area contributed by atoms with Crippen LogP contribution >= 0.6 is 0 Å². The summed E-state index contributed by atoms with van der Waals surface area (Å²) in [6.45, 7) is 2.18. The average molecular weight is 253 g/mol. The molecule has 1 atom stereocenters. The van der Waals surface area contributed by atoms with Crippen molar-refractivity contribution >= 4 is 5.91 Å². The number of carbonyl (C=O) groups excluding carboxylic acids is 1. The molecule has 0 spiro atoms. The predicted molar refractivity (Wildman–Crippen MR) is 67.8 cm³/mol. The van der Waals surface area contributed by atoms with Gasteiger partial charge in [-0.2, -0.15) is 0 Å². The molecule has 0 unspecified atom stereocenters. The van der Waals surface area contributed by atoms with Gasteiger partial charge >= 0.3 is 0 Å². The van der Waals surface area contributed by atoms with Gasteiger partial charge in [-0.25, -0.2) is 0 Å². The minimum absolute atomic E-state index is 0.0609. The molecule has 0 saturated carbocycles. The van der Waals surface area contributed by atoms with Crippen LogP contribution in [-0.4, -0.2) is 37.4 Å². The Bertz CT molecular complexity index is 381. The first kappa shape index (κ1) is 14.3. The first-order valence-electron chi connectivity index (χ1n) is 5.86. The Balaban J connectivity index is 2.47. The summed E-state index contributed by atoms with van der Waals surface area (Å²) in [7, 11) is 1.57. The molecule has 5 nitrogen and oxygen atoms in total. The number of methoxy groups -OCH3 is 1. The van der Waals surface area contributed by atoms with E-state index < -0.39 is 6.10 Å². The highest BCUT2D eigenvalue weighted by Crippen LogP contribution is 2.19. The summed E-state index contributed by atoms with van der Waals surface area (Å²) in [5, 5.41) is 11.3. The molecule has 18 heavy (non-hydrogen) atoms. The van der Waals surface area contributed by atoms with Crippen LogP contribution in [0.5, 0.6) is 11.5 Å². The molecule has 0 aromatic heterocycles. The number of aliphatic hydroxyl groups excluding tert-OH is 1. The molecule has 0 heterocycles. The summed E-state index contributed by atoms with van der Waals surface area (Å²) < 4.78 is 10.6. The van der Waals surface area contributed by atoms with Crippen molar-refractivity contribution in [3.8, 4) is 11.5 Å². The predicted octanol–water partition coefficient (Wildman–Crippen LogP) is 0.961. The van der Waals surface area contributed by atoms with E-state index in [1.165, 1.54) is 0 Å². The molecule has 2 N–H and O–H groups in total. The molecule has 0 aliphatic carbocycles. The second-order valence-electron chi connectivity index (χ2n) is 3.81. The van der Waals surface area contributed by atoms with Crippen molar-refractivity contribution in [3.63, 3.8) is 0 Å². The first-order chi connectivity index (χ1) is 8.67. The Kier molecular flexibility index (Phi) is 6.00. The number of benzene rings is 1. The van der Waals surface area contributed by atoms with Gasteiger partial charge in [0.1, 0.15) is 11.5 Å². The van der Waals surface area contributed by atoms with Crippen LogP contribution in [0.3, 0.4) is 0 Å². The van der Waals surface area contributed by atoms with Gasteiger partial charge in [0.2, 0.25) is 0 Å². The van der Waals surface area contributed by atoms with E-state index in [4.69, 9.17) is 14.6 Å². The van der Waals surface area contributed by atoms with Crippen LogP contribution in [-0.2, 0) is 4.79 Å². The summed E-state index contributed by atoms with van der Waals surface area (Å²) in [6, 6.07) is 7.08. The highest BCUT2D eigenvalue weighted by atomic mass is 16.5. The molecule has 1 aromatic carbocycles. The Morgan fingerprint density at radius 3 is 2.83 bits per heavy atom. The van der Waals surface area contributed by atoms with E-state index in [9.17, 15) is 4.79 Å². The Labute approximate surface area is 107 Å². The van der Waals surface area contributed by atoms with Crippen LogP contribution in [0.2, 0.25) is 0 Å². The number of hydrogen-bond donors (Lipinski definition) is 2. The molecule has 0 fully saturated rings. The van der Waals surface area contributed by atoms with Gasteiger partial charge in [0.25, 0.3) is 5.91 Å². The fraction of sp³-hybridized carbons (Fsp3) is 0.462. The summed E-state index contributed by atoms with van der Waals surface area (Å²) in [5.41, 5.74) is 0. The molecule has 100 valence electrons. The van der Waals surface area contributed by atoms with Gasteiger partial charge in [0.05, 0.1) is 7.11 Å². The van der Waals surface area contributed by atoms with Crippen molar-refractivity contribution in [1.29, 1.82) is 0 Å². The lowest BCUT2D eigenvalue weighted by Crippen LogP contribution is -2.37. The average Bonchev–Trinajstić information content (AvgIpc) is 2.39. The zero-order valence-corrected chi connectivity index (χ0v) is 10.7. The largest absolute Gasteiger partial charge is 0.497 e. The fourth-order valence-corrected chi connectivity index (χ4v) is 1.37. The second-order valence-corrected chi connectivity index (χ2v) is 3.81. The molecule has 1 aromatic rings. The molecule has 0 aliphatic rings. The monoisotopic (exact) mass is 253 g/mol. The third-order valence-electron chi connectivity index (χ3n) is 2.36. The minimum atomic E-state index is -0.587. The summed E-state index contributed by atoms with van der Waals surface area (Å²) in [4.78, 5) is 11.6. The number of carbonyl (C=O) groups is 1. The van der Waals surface area contributed by atoms with E-state index >= 15 is 0 Å². The third-order valence-corrected chi connectivity index (χ3v) is 2.36. The molecule has 0 aliphatic heterocycles. The topological polar surface area (TPSA) is 67.8 Å². The van der Waals surface area contributed by atoms with Gasteiger partial charge in [-0.15, -0.1) is 0 Å². The SMILES string of the molecule is COc1cccc(O[C@@H](C)C(=O)NCCCO)c1. The molecule has 1 amide bonds. The Morgan fingerprint density at radius 1 is 1.44 bits per heavy atom. The highest BCUT2D eigenvalue weighted by Gasteiger charge is 2.13. The van der Waals surface area contributed by atoms with Gasteiger partial charge in [0, 0.05) is 19.2 Å². The number of nitrogens with one attached hydrogen (secondary N) is 1. The smallest absolute Gasteiger partial charge is 0.260 e. The van der Waals surface area contributed by atoms with Crippen LogP contribution in [0, 0.1) is 0 Å². The number of ether oxygens (including phenoxy) is 2. The highest BCUT2D eigenvalue weighted by molar-refractivity contribution is 5.80. The quantitative estimate of drug-likeness (QED) is 0.710. The number of aliphatic hydroxyl groups is 1. The molecular weight excluding hydrogens is 234 g/mol. The van der Waals surface area contributed by atoms with Crippen LogP contribution in [0.25, 0.3) is 0 Å². The zero-order valence-electron chi connectivity index (χ0n) is 10.7. The lowest BCUT2D eigenvalue weighted by Gasteiger charge is -2.15. The maximum absolute atomic E-state index is 11.6. The van der Waals surface area contributed by atoms with Gasteiger partial charge in [-0.05, 0) is 25.5 Å². The number of rotatable bonds is 7. The van der Waals surface area contributed by atoms with E-state index in [1.807, 2.05) is 0 Å². The van der Waals surface area contributed by atoms with Crippen LogP contribution in [0.1, 0.15) is 13.3 Å². The van der Waals surface area contributed by atoms with Crippen molar-refractivity contribution in [1.82, 2.24) is 5.32 Å². The Morgan fingerprint density at radius 2 is 2.17 bits per heavy atom. The third kappa shape index (κ3) is 4.63. The number of amides is 1. The molecule has 1 rings (SSSR count). The van der Waals surface area contributed by atoms with E-state index in [-0.39, 0.29) is 12.5 Å². The maximum Gasteiger partial charge on any atom is 0.260 e. The van der Waals surface area contributed by atoms with Gasteiger partial charge in [-0.1, -0.05) is 6.07 Å². The lowest BCUT2D eigenvalue weighted by molar-refractivity contribution is -0.127.